The van der Waals surface area contributed by atoms with Gasteiger partial charge >= 0.3 is 0 Å². The largest absolute Gasteiger partial charge is 0.367 e. The summed E-state index contributed by atoms with van der Waals surface area (Å²) < 4.78 is 32.8. The Bertz CT molecular complexity index is 2120. The van der Waals surface area contributed by atoms with Crippen LogP contribution in [-0.2, 0) is 0 Å². The van der Waals surface area contributed by atoms with Crippen LogP contribution in [0.5, 0.6) is 0 Å². The third-order valence-electron chi connectivity index (χ3n) is 12.4. The third kappa shape index (κ3) is 6.05. The number of nitrogens with one attached hydrogen (secondary N) is 4. The van der Waals surface area contributed by atoms with Gasteiger partial charge in [0, 0.05) is 18.8 Å². The smallest absolute Gasteiger partial charge is 0.151 e. The number of aromatic nitrogens is 4. The summed E-state index contributed by atoms with van der Waals surface area (Å²) in [6.45, 7) is 3.25. The Kier molecular flexibility index (Phi) is 8.40. The molecule has 8 nitrogen and oxygen atoms in total. The number of hydrogen-bond acceptors (Lipinski definition) is 6. The van der Waals surface area contributed by atoms with Crippen LogP contribution in [0.25, 0.3) is 22.1 Å². The number of hydrogen-bond donors (Lipinski definition) is 4. The molecule has 4 aromatic carbocycles. The molecule has 0 saturated carbocycles. The highest BCUT2D eigenvalue weighted by Crippen LogP contribution is 2.49. The van der Waals surface area contributed by atoms with Crippen molar-refractivity contribution in [3.8, 4) is 0 Å². The first-order valence-corrected chi connectivity index (χ1v) is 19.6. The first kappa shape index (κ1) is 32.8. The lowest BCUT2D eigenvalue weighted by atomic mass is 9.89. The predicted octanol–water partition coefficient (Wildman–Crippen LogP) is 9.03. The Balaban J connectivity index is 0.994. The minimum atomic E-state index is -0.502. The van der Waals surface area contributed by atoms with Crippen LogP contribution in [0.1, 0.15) is 110 Å². The molecule has 4 saturated heterocycles. The molecule has 4 N–H and O–H groups in total. The number of imidazole rings is 2. The fourth-order valence-electron chi connectivity index (χ4n) is 9.66. The normalized spacial score (nSPS) is 24.0. The van der Waals surface area contributed by atoms with E-state index in [9.17, 15) is 0 Å². The maximum Gasteiger partial charge on any atom is 0.151 e. The van der Waals surface area contributed by atoms with Gasteiger partial charge in [-0.3, -0.25) is 0 Å². The average molecular weight is 713 g/mol. The molecular weight excluding hydrogens is 667 g/mol. The highest BCUT2D eigenvalue weighted by molar-refractivity contribution is 5.78. The molecule has 0 aliphatic carbocycles. The average Bonchev–Trinajstić information content (AvgIpc) is 4.03. The zero-order valence-corrected chi connectivity index (χ0v) is 29.9. The molecule has 53 heavy (non-hydrogen) atoms. The number of halogens is 2. The standard InChI is InChI=1S/C43H46F2N8/c44-31-24-30(25-32(45)41(31)52-20-16-27(17-21-52)26-6-2-1-3-7-26)53-39(28-10-12-33-37(22-28)50-42(48-33)35-8-4-18-46-35)14-15-40(53)29-11-13-34-38(23-29)51-43(49-34)36-9-5-19-47-36/h1-3,6-7,10-13,22-25,27,35-36,39-40,46-47H,4-5,8-9,14-21H2,(H,48,50)(H,49,51)/t35-,36-,39+,40+/m0/s1. The van der Waals surface area contributed by atoms with Crippen molar-refractivity contribution < 1.29 is 8.78 Å². The summed E-state index contributed by atoms with van der Waals surface area (Å²) >= 11 is 0. The molecule has 272 valence electrons. The molecule has 0 amide bonds. The van der Waals surface area contributed by atoms with E-state index in [1.165, 1.54) is 5.56 Å². The molecule has 4 fully saturated rings. The Hall–Kier alpha value is -4.80. The fraction of sp³-hybridized carbons (Fsp3) is 0.395. The zero-order chi connectivity index (χ0) is 35.5. The molecule has 2 aromatic heterocycles. The Morgan fingerprint density at radius 2 is 1.13 bits per heavy atom. The van der Waals surface area contributed by atoms with Gasteiger partial charge in [0.2, 0.25) is 0 Å². The van der Waals surface area contributed by atoms with E-state index in [4.69, 9.17) is 9.97 Å². The van der Waals surface area contributed by atoms with Crippen molar-refractivity contribution >= 4 is 33.4 Å². The number of anilines is 2. The molecular formula is C43H46F2N8. The Morgan fingerprint density at radius 3 is 1.64 bits per heavy atom. The number of piperidine rings is 1. The molecule has 4 aliphatic rings. The van der Waals surface area contributed by atoms with Gasteiger partial charge in [0.05, 0.1) is 46.2 Å². The monoisotopic (exact) mass is 712 g/mol. The maximum atomic E-state index is 16.4. The van der Waals surface area contributed by atoms with Crippen LogP contribution >= 0.6 is 0 Å². The number of fused-ring (bicyclic) bond motifs is 2. The zero-order valence-electron chi connectivity index (χ0n) is 29.9. The van der Waals surface area contributed by atoms with Crippen LogP contribution < -0.4 is 20.4 Å². The van der Waals surface area contributed by atoms with Crippen molar-refractivity contribution in [2.24, 2.45) is 0 Å². The van der Waals surface area contributed by atoms with E-state index in [2.05, 4.69) is 86.2 Å². The van der Waals surface area contributed by atoms with E-state index in [-0.39, 0.29) is 29.9 Å². The van der Waals surface area contributed by atoms with E-state index in [0.29, 0.717) is 24.7 Å². The first-order valence-electron chi connectivity index (χ1n) is 19.6. The van der Waals surface area contributed by atoms with Crippen molar-refractivity contribution in [1.82, 2.24) is 30.6 Å². The molecule has 0 bridgehead atoms. The van der Waals surface area contributed by atoms with Crippen LogP contribution in [0, 0.1) is 11.6 Å². The Morgan fingerprint density at radius 1 is 0.585 bits per heavy atom. The van der Waals surface area contributed by atoms with E-state index in [1.54, 1.807) is 12.1 Å². The summed E-state index contributed by atoms with van der Waals surface area (Å²) in [6.07, 6.45) is 7.85. The van der Waals surface area contributed by atoms with Gasteiger partial charge in [-0.25, -0.2) is 18.7 Å². The quantitative estimate of drug-likeness (QED) is 0.132. The Labute approximate surface area is 308 Å². The molecule has 6 heterocycles. The van der Waals surface area contributed by atoms with Crippen molar-refractivity contribution in [3.05, 3.63) is 119 Å². The number of benzene rings is 4. The van der Waals surface area contributed by atoms with E-state index in [1.807, 2.05) is 11.0 Å². The van der Waals surface area contributed by atoms with Crippen molar-refractivity contribution in [1.29, 1.82) is 0 Å². The van der Waals surface area contributed by atoms with Crippen molar-refractivity contribution in [2.45, 2.75) is 81.5 Å². The lowest BCUT2D eigenvalue weighted by molar-refractivity contribution is 0.486. The SMILES string of the molecule is Fc1cc(N2[C@@H](c3ccc4nc([C@@H]5CCCN5)[nH]c4c3)CC[C@@H]2c2ccc3nc([C@@H]4CCCN4)[nH]c3c2)cc(F)c1N1CCC(c2ccccc2)CC1. The fourth-order valence-corrected chi connectivity index (χ4v) is 9.66. The summed E-state index contributed by atoms with van der Waals surface area (Å²) in [5.41, 5.74) is 8.04. The molecule has 10 heteroatoms. The predicted molar refractivity (Wildman–Crippen MR) is 206 cm³/mol. The van der Waals surface area contributed by atoms with Crippen LogP contribution in [0.3, 0.4) is 0 Å². The van der Waals surface area contributed by atoms with Gasteiger partial charge in [-0.1, -0.05) is 42.5 Å². The third-order valence-corrected chi connectivity index (χ3v) is 12.4. The number of aromatic amines is 2. The summed E-state index contributed by atoms with van der Waals surface area (Å²) in [4.78, 5) is 21.2. The summed E-state index contributed by atoms with van der Waals surface area (Å²) in [5, 5.41) is 7.09. The van der Waals surface area contributed by atoms with Gasteiger partial charge in [0.1, 0.15) is 17.3 Å². The molecule has 0 radical (unpaired) electrons. The first-order chi connectivity index (χ1) is 26.1. The van der Waals surface area contributed by atoms with Crippen LogP contribution in [-0.4, -0.2) is 46.1 Å². The van der Waals surface area contributed by atoms with Crippen molar-refractivity contribution in [2.75, 3.05) is 36.0 Å². The van der Waals surface area contributed by atoms with Gasteiger partial charge in [-0.05, 0) is 123 Å². The van der Waals surface area contributed by atoms with Gasteiger partial charge in [0.15, 0.2) is 11.6 Å². The van der Waals surface area contributed by atoms with Gasteiger partial charge in [0.25, 0.3) is 0 Å². The second-order valence-electron chi connectivity index (χ2n) is 15.5. The van der Waals surface area contributed by atoms with E-state index < -0.39 is 11.6 Å². The summed E-state index contributed by atoms with van der Waals surface area (Å²) in [7, 11) is 0. The second-order valence-corrected chi connectivity index (χ2v) is 15.5. The van der Waals surface area contributed by atoms with E-state index in [0.717, 1.165) is 109 Å². The number of nitrogens with zero attached hydrogens (tertiary/aromatic N) is 4. The molecule has 0 spiro atoms. The topological polar surface area (TPSA) is 87.9 Å². The lowest BCUT2D eigenvalue weighted by Crippen LogP contribution is -2.34. The van der Waals surface area contributed by atoms with Gasteiger partial charge < -0.3 is 30.4 Å². The number of H-pyrrole nitrogens is 2. The van der Waals surface area contributed by atoms with Crippen LogP contribution in [0.2, 0.25) is 0 Å². The highest BCUT2D eigenvalue weighted by atomic mass is 19.1. The molecule has 10 rings (SSSR count). The molecule has 6 aromatic rings. The van der Waals surface area contributed by atoms with Crippen LogP contribution in [0.4, 0.5) is 20.2 Å². The van der Waals surface area contributed by atoms with E-state index >= 15 is 8.78 Å². The lowest BCUT2D eigenvalue weighted by Gasteiger charge is -2.36. The van der Waals surface area contributed by atoms with Crippen LogP contribution in [0.15, 0.2) is 78.9 Å². The maximum absolute atomic E-state index is 16.4. The van der Waals surface area contributed by atoms with Gasteiger partial charge in [-0.15, -0.1) is 0 Å². The minimum Gasteiger partial charge on any atom is -0.367 e. The second kappa shape index (κ2) is 13.6. The van der Waals surface area contributed by atoms with Crippen molar-refractivity contribution in [3.63, 3.8) is 0 Å². The molecule has 0 unspecified atom stereocenters. The number of rotatable bonds is 7. The highest BCUT2D eigenvalue weighted by Gasteiger charge is 2.38. The summed E-state index contributed by atoms with van der Waals surface area (Å²) in [6, 6.07) is 26.8. The van der Waals surface area contributed by atoms with Gasteiger partial charge in [-0.2, -0.15) is 0 Å². The minimum absolute atomic E-state index is 0.0808. The molecule has 4 aliphatic heterocycles. The summed E-state index contributed by atoms with van der Waals surface area (Å²) in [5.74, 6) is 1.35. The molecule has 4 atom stereocenters.